The van der Waals surface area contributed by atoms with Gasteiger partial charge in [-0.3, -0.25) is 9.59 Å². The number of carboxylic acid groups (broad SMARTS) is 1. The van der Waals surface area contributed by atoms with E-state index in [0.29, 0.717) is 42.2 Å². The number of benzene rings is 1. The Morgan fingerprint density at radius 2 is 1.59 bits per heavy atom. The predicted octanol–water partition coefficient (Wildman–Crippen LogP) is 1.70. The number of nitrogens with one attached hydrogen (secondary N) is 1. The second kappa shape index (κ2) is 8.76. The van der Waals surface area contributed by atoms with Gasteiger partial charge >= 0.3 is 5.97 Å². The molecule has 0 aliphatic heterocycles. The third kappa shape index (κ3) is 4.83. The molecule has 0 aliphatic rings. The van der Waals surface area contributed by atoms with Gasteiger partial charge in [-0.05, 0) is 12.8 Å². The molecule has 0 fully saturated rings. The van der Waals surface area contributed by atoms with Crippen LogP contribution in [0.3, 0.4) is 0 Å². The van der Waals surface area contributed by atoms with Crippen LogP contribution >= 0.6 is 0 Å². The van der Waals surface area contributed by atoms with Gasteiger partial charge in [0.1, 0.15) is 5.75 Å². The Bertz CT molecular complexity index is 529. The van der Waals surface area contributed by atoms with Crippen molar-refractivity contribution < 1.29 is 28.9 Å². The lowest BCUT2D eigenvalue weighted by Crippen LogP contribution is -2.25. The molecular weight excluding hydrogens is 290 g/mol. The molecule has 1 rings (SSSR count). The van der Waals surface area contributed by atoms with Crippen molar-refractivity contribution in [3.8, 4) is 17.2 Å². The zero-order chi connectivity index (χ0) is 16.5. The topological polar surface area (TPSA) is 94.1 Å². The van der Waals surface area contributed by atoms with Crippen molar-refractivity contribution in [3.05, 3.63) is 17.7 Å². The first-order valence-electron chi connectivity index (χ1n) is 6.83. The van der Waals surface area contributed by atoms with E-state index in [1.165, 1.54) is 21.3 Å². The van der Waals surface area contributed by atoms with Crippen molar-refractivity contribution >= 4 is 11.9 Å². The Kier molecular flexibility index (Phi) is 7.01. The van der Waals surface area contributed by atoms with E-state index in [0.717, 1.165) is 0 Å². The number of aliphatic carboxylic acids is 1. The van der Waals surface area contributed by atoms with Crippen molar-refractivity contribution in [1.82, 2.24) is 5.32 Å². The van der Waals surface area contributed by atoms with Crippen LogP contribution in [0.4, 0.5) is 0 Å². The van der Waals surface area contributed by atoms with Gasteiger partial charge in [0.15, 0.2) is 11.5 Å². The monoisotopic (exact) mass is 311 g/mol. The number of carbonyl (C=O) groups is 2. The first kappa shape index (κ1) is 17.6. The number of carboxylic acids is 1. The summed E-state index contributed by atoms with van der Waals surface area (Å²) in [4.78, 5) is 22.6. The van der Waals surface area contributed by atoms with Crippen LogP contribution in [0.15, 0.2) is 12.1 Å². The Morgan fingerprint density at radius 1 is 1.00 bits per heavy atom. The average molecular weight is 311 g/mol. The van der Waals surface area contributed by atoms with E-state index in [2.05, 4.69) is 5.32 Å². The Hall–Kier alpha value is -2.44. The molecule has 0 bridgehead atoms. The van der Waals surface area contributed by atoms with Crippen molar-refractivity contribution in [1.29, 1.82) is 0 Å². The first-order valence-corrected chi connectivity index (χ1v) is 6.83. The van der Waals surface area contributed by atoms with Gasteiger partial charge in [-0.2, -0.15) is 0 Å². The minimum absolute atomic E-state index is 0.0928. The number of rotatable bonds is 9. The largest absolute Gasteiger partial charge is 0.496 e. The molecule has 0 atom stereocenters. The van der Waals surface area contributed by atoms with Crippen LogP contribution in [-0.4, -0.2) is 44.9 Å². The van der Waals surface area contributed by atoms with E-state index < -0.39 is 5.97 Å². The minimum Gasteiger partial charge on any atom is -0.496 e. The van der Waals surface area contributed by atoms with Crippen LogP contribution in [0.2, 0.25) is 0 Å². The van der Waals surface area contributed by atoms with E-state index in [1.807, 2.05) is 0 Å². The third-order valence-corrected chi connectivity index (χ3v) is 3.05. The molecule has 0 saturated heterocycles. The normalized spacial score (nSPS) is 9.95. The fourth-order valence-corrected chi connectivity index (χ4v) is 1.91. The van der Waals surface area contributed by atoms with Gasteiger partial charge in [0.2, 0.25) is 0 Å². The molecule has 2 N–H and O–H groups in total. The number of hydrogen-bond acceptors (Lipinski definition) is 5. The van der Waals surface area contributed by atoms with Gasteiger partial charge in [0.05, 0.1) is 26.9 Å². The maximum absolute atomic E-state index is 12.2. The highest BCUT2D eigenvalue weighted by Crippen LogP contribution is 2.34. The number of methoxy groups -OCH3 is 3. The van der Waals surface area contributed by atoms with Gasteiger partial charge < -0.3 is 24.6 Å². The molecular formula is C15H21NO6. The zero-order valence-corrected chi connectivity index (χ0v) is 13.0. The van der Waals surface area contributed by atoms with E-state index in [4.69, 9.17) is 19.3 Å². The lowest BCUT2D eigenvalue weighted by Gasteiger charge is -2.14. The Morgan fingerprint density at radius 3 is 2.14 bits per heavy atom. The number of hydrogen-bond donors (Lipinski definition) is 2. The molecule has 0 radical (unpaired) electrons. The molecule has 22 heavy (non-hydrogen) atoms. The molecule has 1 aromatic rings. The SMILES string of the molecule is COc1cc(OC)c(C(=O)NCCCCC(=O)O)cc1OC. The van der Waals surface area contributed by atoms with Crippen molar-refractivity contribution in [2.45, 2.75) is 19.3 Å². The van der Waals surface area contributed by atoms with Crippen LogP contribution in [0.1, 0.15) is 29.6 Å². The van der Waals surface area contributed by atoms with Crippen LogP contribution in [0.5, 0.6) is 17.2 Å². The average Bonchev–Trinajstić information content (AvgIpc) is 2.52. The molecule has 1 aromatic carbocycles. The fourth-order valence-electron chi connectivity index (χ4n) is 1.91. The maximum atomic E-state index is 12.2. The second-order valence-corrected chi connectivity index (χ2v) is 4.51. The highest BCUT2D eigenvalue weighted by Gasteiger charge is 2.17. The Labute approximate surface area is 129 Å². The van der Waals surface area contributed by atoms with E-state index in [-0.39, 0.29) is 12.3 Å². The lowest BCUT2D eigenvalue weighted by molar-refractivity contribution is -0.137. The number of ether oxygens (including phenoxy) is 3. The number of amides is 1. The molecule has 7 heteroatoms. The molecule has 7 nitrogen and oxygen atoms in total. The molecule has 0 aliphatic carbocycles. The van der Waals surface area contributed by atoms with Crippen molar-refractivity contribution in [2.24, 2.45) is 0 Å². The highest BCUT2D eigenvalue weighted by atomic mass is 16.5. The predicted molar refractivity (Wildman–Crippen MR) is 79.9 cm³/mol. The van der Waals surface area contributed by atoms with Gasteiger partial charge in [0.25, 0.3) is 5.91 Å². The molecule has 0 aromatic heterocycles. The van der Waals surface area contributed by atoms with Crippen molar-refractivity contribution in [2.75, 3.05) is 27.9 Å². The summed E-state index contributed by atoms with van der Waals surface area (Å²) in [6, 6.07) is 3.13. The molecule has 122 valence electrons. The fraction of sp³-hybridized carbons (Fsp3) is 0.467. The smallest absolute Gasteiger partial charge is 0.303 e. The maximum Gasteiger partial charge on any atom is 0.303 e. The van der Waals surface area contributed by atoms with Gasteiger partial charge in [-0.1, -0.05) is 0 Å². The summed E-state index contributed by atoms with van der Waals surface area (Å²) >= 11 is 0. The highest BCUT2D eigenvalue weighted by molar-refractivity contribution is 5.97. The standard InChI is InChI=1S/C15H21NO6/c1-20-11-9-13(22-3)12(21-2)8-10(11)15(19)16-7-5-4-6-14(17)18/h8-9H,4-7H2,1-3H3,(H,16,19)(H,17,18). The van der Waals surface area contributed by atoms with Crippen LogP contribution in [0, 0.1) is 0 Å². The summed E-state index contributed by atoms with van der Waals surface area (Å²) in [5, 5.41) is 11.3. The third-order valence-electron chi connectivity index (χ3n) is 3.05. The molecule has 1 amide bonds. The summed E-state index contributed by atoms with van der Waals surface area (Å²) < 4.78 is 15.5. The zero-order valence-electron chi connectivity index (χ0n) is 13.0. The van der Waals surface area contributed by atoms with Gasteiger partial charge in [-0.15, -0.1) is 0 Å². The first-order chi connectivity index (χ1) is 10.5. The van der Waals surface area contributed by atoms with Gasteiger partial charge in [-0.25, -0.2) is 0 Å². The minimum atomic E-state index is -0.840. The summed E-state index contributed by atoms with van der Waals surface area (Å²) in [7, 11) is 4.45. The molecule has 0 saturated carbocycles. The summed E-state index contributed by atoms with van der Waals surface area (Å²) in [5.74, 6) is 0.124. The Balaban J connectivity index is 2.73. The summed E-state index contributed by atoms with van der Waals surface area (Å²) in [6.07, 6.45) is 1.20. The number of carbonyl (C=O) groups excluding carboxylic acids is 1. The summed E-state index contributed by atoms with van der Waals surface area (Å²) in [6.45, 7) is 0.392. The lowest BCUT2D eigenvalue weighted by atomic mass is 10.1. The van der Waals surface area contributed by atoms with E-state index in [1.54, 1.807) is 12.1 Å². The quantitative estimate of drug-likeness (QED) is 0.674. The van der Waals surface area contributed by atoms with E-state index >= 15 is 0 Å². The van der Waals surface area contributed by atoms with Crippen LogP contribution in [0.25, 0.3) is 0 Å². The molecule has 0 heterocycles. The van der Waals surface area contributed by atoms with E-state index in [9.17, 15) is 9.59 Å². The number of unbranched alkanes of at least 4 members (excludes halogenated alkanes) is 1. The van der Waals surface area contributed by atoms with Crippen LogP contribution < -0.4 is 19.5 Å². The van der Waals surface area contributed by atoms with Gasteiger partial charge in [0, 0.05) is 25.1 Å². The van der Waals surface area contributed by atoms with Crippen molar-refractivity contribution in [3.63, 3.8) is 0 Å². The second-order valence-electron chi connectivity index (χ2n) is 4.51. The molecule has 0 unspecified atom stereocenters. The molecule has 0 spiro atoms. The summed E-state index contributed by atoms with van der Waals surface area (Å²) in [5.41, 5.74) is 0.332. The van der Waals surface area contributed by atoms with Crippen LogP contribution in [-0.2, 0) is 4.79 Å².